The predicted octanol–water partition coefficient (Wildman–Crippen LogP) is 1.04. The second-order valence-electron chi connectivity index (χ2n) is 5.36. The van der Waals surface area contributed by atoms with E-state index >= 15 is 0 Å². The molecule has 3 N–H and O–H groups in total. The van der Waals surface area contributed by atoms with Crippen LogP contribution in [0.3, 0.4) is 0 Å². The summed E-state index contributed by atoms with van der Waals surface area (Å²) in [5.41, 5.74) is 1.80. The van der Waals surface area contributed by atoms with E-state index in [-0.39, 0.29) is 0 Å². The van der Waals surface area contributed by atoms with Gasteiger partial charge in [-0.15, -0.1) is 0 Å². The summed E-state index contributed by atoms with van der Waals surface area (Å²) in [6.45, 7) is 0.421. The molecule has 1 heterocycles. The highest BCUT2D eigenvalue weighted by atomic mass is 16.5. The van der Waals surface area contributed by atoms with Gasteiger partial charge in [-0.3, -0.25) is 0 Å². The van der Waals surface area contributed by atoms with E-state index in [2.05, 4.69) is 20.6 Å². The number of urea groups is 1. The molecule has 0 aliphatic rings. The minimum Gasteiger partial charge on any atom is -0.497 e. The number of aromatic nitrogens is 2. The zero-order valence-corrected chi connectivity index (χ0v) is 14.2. The van der Waals surface area contributed by atoms with E-state index in [1.165, 1.54) is 7.11 Å². The fourth-order valence-corrected chi connectivity index (χ4v) is 2.27. The minimum atomic E-state index is -0.773. The highest BCUT2D eigenvalue weighted by Crippen LogP contribution is 2.13. The van der Waals surface area contributed by atoms with Gasteiger partial charge in [0.15, 0.2) is 0 Å². The number of ether oxygens (including phenoxy) is 2. The van der Waals surface area contributed by atoms with Crippen LogP contribution in [0.4, 0.5) is 4.79 Å². The standard InChI is InChI=1S/C17H22N4O4/c1-24-14-5-3-12(4-6-14)9-15(16(22)25-2)21-17(23)19-8-7-13-10-18-11-20-13/h3-6,10-11,15H,7-9H2,1-2H3,(H,18,20)(H2,19,21,23)/t15-/m0/s1. The van der Waals surface area contributed by atoms with Gasteiger partial charge in [0.25, 0.3) is 0 Å². The number of nitrogens with zero attached hydrogens (tertiary/aromatic N) is 1. The van der Waals surface area contributed by atoms with Gasteiger partial charge in [-0.05, 0) is 17.7 Å². The van der Waals surface area contributed by atoms with Gasteiger partial charge in [-0.1, -0.05) is 12.1 Å². The topological polar surface area (TPSA) is 105 Å². The number of nitrogens with one attached hydrogen (secondary N) is 3. The second-order valence-corrected chi connectivity index (χ2v) is 5.36. The summed E-state index contributed by atoms with van der Waals surface area (Å²) in [7, 11) is 2.88. The SMILES string of the molecule is COC(=O)[C@H](Cc1ccc(OC)cc1)NC(=O)NCCc1cnc[nH]1. The van der Waals surface area contributed by atoms with Gasteiger partial charge in [0, 0.05) is 31.3 Å². The zero-order chi connectivity index (χ0) is 18.1. The summed E-state index contributed by atoms with van der Waals surface area (Å²) >= 11 is 0. The van der Waals surface area contributed by atoms with Gasteiger partial charge >= 0.3 is 12.0 Å². The smallest absolute Gasteiger partial charge is 0.328 e. The lowest BCUT2D eigenvalue weighted by atomic mass is 10.1. The van der Waals surface area contributed by atoms with Gasteiger partial charge in [0.05, 0.1) is 20.5 Å². The maximum Gasteiger partial charge on any atom is 0.328 e. The largest absolute Gasteiger partial charge is 0.497 e. The van der Waals surface area contributed by atoms with Crippen LogP contribution in [0.25, 0.3) is 0 Å². The Kier molecular flexibility index (Phi) is 6.82. The van der Waals surface area contributed by atoms with Crippen LogP contribution in [-0.4, -0.2) is 48.8 Å². The Morgan fingerprint density at radius 2 is 2.00 bits per heavy atom. The van der Waals surface area contributed by atoms with Crippen molar-refractivity contribution in [1.82, 2.24) is 20.6 Å². The van der Waals surface area contributed by atoms with Crippen molar-refractivity contribution in [2.45, 2.75) is 18.9 Å². The van der Waals surface area contributed by atoms with E-state index in [1.54, 1.807) is 31.8 Å². The van der Waals surface area contributed by atoms with Crippen molar-refractivity contribution in [3.05, 3.63) is 48.0 Å². The van der Waals surface area contributed by atoms with Crippen molar-refractivity contribution >= 4 is 12.0 Å². The molecule has 0 aliphatic carbocycles. The van der Waals surface area contributed by atoms with Gasteiger partial charge in [-0.2, -0.15) is 0 Å². The van der Waals surface area contributed by atoms with Gasteiger partial charge < -0.3 is 25.1 Å². The van der Waals surface area contributed by atoms with E-state index in [0.717, 1.165) is 17.0 Å². The molecule has 134 valence electrons. The van der Waals surface area contributed by atoms with E-state index in [0.29, 0.717) is 19.4 Å². The molecule has 0 saturated heterocycles. The van der Waals surface area contributed by atoms with Crippen LogP contribution < -0.4 is 15.4 Å². The average molecular weight is 346 g/mol. The number of hydrogen-bond acceptors (Lipinski definition) is 5. The number of rotatable bonds is 8. The lowest BCUT2D eigenvalue weighted by Gasteiger charge is -2.17. The predicted molar refractivity (Wildman–Crippen MR) is 91.3 cm³/mol. The monoisotopic (exact) mass is 346 g/mol. The molecule has 25 heavy (non-hydrogen) atoms. The number of carbonyl (C=O) groups excluding carboxylic acids is 2. The van der Waals surface area contributed by atoms with Crippen molar-refractivity contribution in [1.29, 1.82) is 0 Å². The van der Waals surface area contributed by atoms with Crippen molar-refractivity contribution in [2.75, 3.05) is 20.8 Å². The molecule has 0 bridgehead atoms. The van der Waals surface area contributed by atoms with Crippen LogP contribution in [0.2, 0.25) is 0 Å². The number of hydrogen-bond donors (Lipinski definition) is 3. The van der Waals surface area contributed by atoms with E-state index in [4.69, 9.17) is 9.47 Å². The molecule has 1 atom stereocenters. The first-order valence-corrected chi connectivity index (χ1v) is 7.84. The molecular formula is C17H22N4O4. The highest BCUT2D eigenvalue weighted by Gasteiger charge is 2.21. The first kappa shape index (κ1) is 18.3. The lowest BCUT2D eigenvalue weighted by Crippen LogP contribution is -2.48. The van der Waals surface area contributed by atoms with Crippen LogP contribution in [0.1, 0.15) is 11.3 Å². The maximum absolute atomic E-state index is 12.0. The number of H-pyrrole nitrogens is 1. The lowest BCUT2D eigenvalue weighted by molar-refractivity contribution is -0.142. The minimum absolute atomic E-state index is 0.324. The van der Waals surface area contributed by atoms with Gasteiger partial charge in [0.2, 0.25) is 0 Å². The van der Waals surface area contributed by atoms with Crippen LogP contribution in [0.15, 0.2) is 36.8 Å². The molecule has 0 spiro atoms. The summed E-state index contributed by atoms with van der Waals surface area (Å²) in [6.07, 6.45) is 4.22. The molecule has 2 rings (SSSR count). The number of esters is 1. The number of methoxy groups -OCH3 is 2. The van der Waals surface area contributed by atoms with Crippen molar-refractivity contribution < 1.29 is 19.1 Å². The third kappa shape index (κ3) is 5.83. The molecule has 2 aromatic rings. The molecule has 8 nitrogen and oxygen atoms in total. The Morgan fingerprint density at radius 1 is 1.24 bits per heavy atom. The second kappa shape index (κ2) is 9.31. The summed E-state index contributed by atoms with van der Waals surface area (Å²) < 4.78 is 9.88. The first-order valence-electron chi connectivity index (χ1n) is 7.84. The quantitative estimate of drug-likeness (QED) is 0.620. The highest BCUT2D eigenvalue weighted by molar-refractivity contribution is 5.83. The molecule has 8 heteroatoms. The third-order valence-electron chi connectivity index (χ3n) is 3.62. The molecular weight excluding hydrogens is 324 g/mol. The normalized spacial score (nSPS) is 11.4. The fourth-order valence-electron chi connectivity index (χ4n) is 2.27. The van der Waals surface area contributed by atoms with Crippen molar-refractivity contribution in [3.63, 3.8) is 0 Å². The van der Waals surface area contributed by atoms with E-state index in [1.807, 2.05) is 12.1 Å². The number of imidazole rings is 1. The Morgan fingerprint density at radius 3 is 2.60 bits per heavy atom. The molecule has 0 saturated carbocycles. The van der Waals surface area contributed by atoms with Crippen LogP contribution in [0, 0.1) is 0 Å². The molecule has 2 amide bonds. The van der Waals surface area contributed by atoms with E-state index < -0.39 is 18.0 Å². The molecule has 1 aromatic heterocycles. The summed E-state index contributed by atoms with van der Waals surface area (Å²) in [5, 5.41) is 5.35. The Hall–Kier alpha value is -3.03. The van der Waals surface area contributed by atoms with E-state index in [9.17, 15) is 9.59 Å². The maximum atomic E-state index is 12.0. The number of aromatic amines is 1. The van der Waals surface area contributed by atoms with Gasteiger partial charge in [-0.25, -0.2) is 14.6 Å². The molecule has 0 fully saturated rings. The molecule has 0 aliphatic heterocycles. The molecule has 0 radical (unpaired) electrons. The molecule has 1 aromatic carbocycles. The fraction of sp³-hybridized carbons (Fsp3) is 0.353. The van der Waals surface area contributed by atoms with Crippen LogP contribution in [-0.2, 0) is 22.4 Å². The number of benzene rings is 1. The summed E-state index contributed by atoms with van der Waals surface area (Å²) in [6, 6.07) is 6.08. The Labute approximate surface area is 145 Å². The summed E-state index contributed by atoms with van der Waals surface area (Å²) in [4.78, 5) is 30.8. The number of amides is 2. The van der Waals surface area contributed by atoms with Crippen LogP contribution in [0.5, 0.6) is 5.75 Å². The first-order chi connectivity index (χ1) is 12.1. The van der Waals surface area contributed by atoms with Crippen molar-refractivity contribution in [3.8, 4) is 5.75 Å². The zero-order valence-electron chi connectivity index (χ0n) is 14.2. The Balaban J connectivity index is 1.87. The third-order valence-corrected chi connectivity index (χ3v) is 3.62. The average Bonchev–Trinajstić information content (AvgIpc) is 3.14. The van der Waals surface area contributed by atoms with Crippen LogP contribution >= 0.6 is 0 Å². The Bertz CT molecular complexity index is 670. The van der Waals surface area contributed by atoms with Gasteiger partial charge in [0.1, 0.15) is 11.8 Å². The van der Waals surface area contributed by atoms with Crippen molar-refractivity contribution in [2.24, 2.45) is 0 Å². The molecule has 0 unspecified atom stereocenters. The number of carbonyl (C=O) groups is 2. The summed E-state index contributed by atoms with van der Waals surface area (Å²) in [5.74, 6) is 0.224.